The summed E-state index contributed by atoms with van der Waals surface area (Å²) in [5, 5.41) is 7.02. The van der Waals surface area contributed by atoms with Crippen molar-refractivity contribution in [1.29, 1.82) is 0 Å². The molecule has 1 aliphatic rings. The van der Waals surface area contributed by atoms with Crippen LogP contribution >= 0.6 is 0 Å². The summed E-state index contributed by atoms with van der Waals surface area (Å²) in [5.41, 5.74) is 0.995. The fourth-order valence-corrected chi connectivity index (χ4v) is 2.80. The van der Waals surface area contributed by atoms with Gasteiger partial charge in [0.2, 0.25) is 11.8 Å². The Bertz CT molecular complexity index is 688. The van der Waals surface area contributed by atoms with Gasteiger partial charge >= 0.3 is 0 Å². The van der Waals surface area contributed by atoms with Crippen LogP contribution in [0.3, 0.4) is 0 Å². The fourth-order valence-electron chi connectivity index (χ4n) is 2.80. The van der Waals surface area contributed by atoms with Gasteiger partial charge in [-0.1, -0.05) is 30.3 Å². The molecule has 1 saturated heterocycles. The van der Waals surface area contributed by atoms with Gasteiger partial charge in [0.1, 0.15) is 12.6 Å². The van der Waals surface area contributed by atoms with Crippen molar-refractivity contribution < 1.29 is 14.3 Å². The van der Waals surface area contributed by atoms with Crippen molar-refractivity contribution >= 4 is 11.8 Å². The molecule has 7 heteroatoms. The third kappa shape index (κ3) is 4.67. The van der Waals surface area contributed by atoms with Crippen LogP contribution in [0.25, 0.3) is 0 Å². The minimum absolute atomic E-state index is 0.0237. The summed E-state index contributed by atoms with van der Waals surface area (Å²) in [4.78, 5) is 26.3. The minimum atomic E-state index is -0.592. The second kappa shape index (κ2) is 8.43. The number of nitrogens with one attached hydrogen (secondary N) is 1. The number of rotatable bonds is 7. The quantitative estimate of drug-likeness (QED) is 0.756. The first-order valence-corrected chi connectivity index (χ1v) is 8.40. The molecule has 2 amide bonds. The lowest BCUT2D eigenvalue weighted by atomic mass is 10.1. The van der Waals surface area contributed by atoms with E-state index < -0.39 is 6.04 Å². The van der Waals surface area contributed by atoms with E-state index in [1.807, 2.05) is 47.3 Å². The smallest absolute Gasteiger partial charge is 0.249 e. The molecule has 1 N–H and O–H groups in total. The number of hydrogen-bond acceptors (Lipinski definition) is 4. The molecule has 0 bridgehead atoms. The lowest BCUT2D eigenvalue weighted by Gasteiger charge is -2.34. The molecule has 1 aliphatic heterocycles. The molecule has 1 atom stereocenters. The van der Waals surface area contributed by atoms with Crippen molar-refractivity contribution in [2.75, 3.05) is 19.8 Å². The number of aromatic nitrogens is 2. The highest BCUT2D eigenvalue weighted by atomic mass is 16.5. The lowest BCUT2D eigenvalue weighted by molar-refractivity contribution is -0.155. The summed E-state index contributed by atoms with van der Waals surface area (Å²) in [6, 6.07) is 10.9. The predicted octanol–water partition coefficient (Wildman–Crippen LogP) is 0.817. The molecular formula is C18H22N4O3. The zero-order chi connectivity index (χ0) is 17.5. The molecule has 7 nitrogen and oxygen atoms in total. The molecule has 1 aromatic carbocycles. The van der Waals surface area contributed by atoms with Crippen LogP contribution in [0.5, 0.6) is 0 Å². The first kappa shape index (κ1) is 17.2. The topological polar surface area (TPSA) is 76.5 Å². The third-order valence-electron chi connectivity index (χ3n) is 4.12. The average molecular weight is 342 g/mol. The highest BCUT2D eigenvalue weighted by Gasteiger charge is 2.33. The molecule has 25 heavy (non-hydrogen) atoms. The number of ether oxygens (including phenoxy) is 1. The first-order chi connectivity index (χ1) is 12.2. The maximum Gasteiger partial charge on any atom is 0.249 e. The molecule has 132 valence electrons. The van der Waals surface area contributed by atoms with Crippen molar-refractivity contribution in [2.24, 2.45) is 0 Å². The standard InChI is InChI=1S/C18H22N4O3/c23-17-14-25-13-16(22(17)12-15-6-2-1-3-7-15)18(24)19-8-4-10-21-11-5-9-20-21/h1-3,5-7,9,11,16H,4,8,10,12-14H2,(H,19,24). The van der Waals surface area contributed by atoms with Gasteiger partial charge in [0, 0.05) is 32.0 Å². The van der Waals surface area contributed by atoms with Gasteiger partial charge in [0.05, 0.1) is 6.61 Å². The van der Waals surface area contributed by atoms with Gasteiger partial charge in [-0.3, -0.25) is 14.3 Å². The van der Waals surface area contributed by atoms with E-state index in [2.05, 4.69) is 10.4 Å². The molecule has 1 fully saturated rings. The Balaban J connectivity index is 1.53. The van der Waals surface area contributed by atoms with Crippen LogP contribution in [-0.4, -0.2) is 52.3 Å². The van der Waals surface area contributed by atoms with Crippen molar-refractivity contribution in [2.45, 2.75) is 25.6 Å². The number of carbonyl (C=O) groups is 2. The Hall–Kier alpha value is -2.67. The summed E-state index contributed by atoms with van der Waals surface area (Å²) in [7, 11) is 0. The van der Waals surface area contributed by atoms with Gasteiger partial charge in [-0.15, -0.1) is 0 Å². The largest absolute Gasteiger partial charge is 0.369 e. The second-order valence-electron chi connectivity index (χ2n) is 5.95. The predicted molar refractivity (Wildman–Crippen MR) is 91.5 cm³/mol. The lowest BCUT2D eigenvalue weighted by Crippen LogP contribution is -2.56. The monoisotopic (exact) mass is 342 g/mol. The summed E-state index contributed by atoms with van der Waals surface area (Å²) in [6.07, 6.45) is 4.38. The Morgan fingerprint density at radius 3 is 2.88 bits per heavy atom. The van der Waals surface area contributed by atoms with Gasteiger partial charge in [-0.25, -0.2) is 0 Å². The van der Waals surface area contributed by atoms with E-state index in [1.165, 1.54) is 0 Å². The molecule has 1 aromatic heterocycles. The van der Waals surface area contributed by atoms with Crippen molar-refractivity contribution in [3.8, 4) is 0 Å². The molecule has 0 saturated carbocycles. The normalized spacial score (nSPS) is 17.5. The molecule has 3 rings (SSSR count). The number of benzene rings is 1. The van der Waals surface area contributed by atoms with Gasteiger partial charge < -0.3 is 15.0 Å². The molecule has 1 unspecified atom stereocenters. The van der Waals surface area contributed by atoms with Crippen molar-refractivity contribution in [3.05, 3.63) is 54.4 Å². The van der Waals surface area contributed by atoms with E-state index in [-0.39, 0.29) is 25.0 Å². The minimum Gasteiger partial charge on any atom is -0.369 e. The van der Waals surface area contributed by atoms with Crippen LogP contribution in [0.15, 0.2) is 48.8 Å². The first-order valence-electron chi connectivity index (χ1n) is 8.40. The fraction of sp³-hybridized carbons (Fsp3) is 0.389. The molecule has 0 radical (unpaired) electrons. The van der Waals surface area contributed by atoms with Crippen LogP contribution in [0, 0.1) is 0 Å². The maximum absolute atomic E-state index is 12.5. The summed E-state index contributed by atoms with van der Waals surface area (Å²) in [6.45, 7) is 1.93. The van der Waals surface area contributed by atoms with E-state index >= 15 is 0 Å². The number of hydrogen-bond donors (Lipinski definition) is 1. The van der Waals surface area contributed by atoms with Crippen LogP contribution in [0.4, 0.5) is 0 Å². The van der Waals surface area contributed by atoms with Gasteiger partial charge in [-0.2, -0.15) is 5.10 Å². The van der Waals surface area contributed by atoms with E-state index in [1.54, 1.807) is 11.1 Å². The van der Waals surface area contributed by atoms with Gasteiger partial charge in [0.15, 0.2) is 0 Å². The summed E-state index contributed by atoms with van der Waals surface area (Å²) < 4.78 is 7.10. The van der Waals surface area contributed by atoms with E-state index in [0.717, 1.165) is 18.5 Å². The highest BCUT2D eigenvalue weighted by molar-refractivity contribution is 5.89. The maximum atomic E-state index is 12.5. The van der Waals surface area contributed by atoms with E-state index in [9.17, 15) is 9.59 Å². The molecule has 0 aliphatic carbocycles. The van der Waals surface area contributed by atoms with Crippen LogP contribution < -0.4 is 5.32 Å². The van der Waals surface area contributed by atoms with Crippen molar-refractivity contribution in [3.63, 3.8) is 0 Å². The van der Waals surface area contributed by atoms with Gasteiger partial charge in [0.25, 0.3) is 0 Å². The Kier molecular flexibility index (Phi) is 5.79. The number of carbonyl (C=O) groups excluding carboxylic acids is 2. The third-order valence-corrected chi connectivity index (χ3v) is 4.12. The molecular weight excluding hydrogens is 320 g/mol. The summed E-state index contributed by atoms with van der Waals surface area (Å²) in [5.74, 6) is -0.337. The highest BCUT2D eigenvalue weighted by Crippen LogP contribution is 2.13. The van der Waals surface area contributed by atoms with Crippen molar-refractivity contribution in [1.82, 2.24) is 20.0 Å². The van der Waals surface area contributed by atoms with Crippen LogP contribution in [0.2, 0.25) is 0 Å². The zero-order valence-electron chi connectivity index (χ0n) is 14.0. The molecule has 2 heterocycles. The Labute approximate surface area is 146 Å². The second-order valence-corrected chi connectivity index (χ2v) is 5.95. The Morgan fingerprint density at radius 2 is 2.12 bits per heavy atom. The zero-order valence-corrected chi connectivity index (χ0v) is 14.0. The van der Waals surface area contributed by atoms with E-state index in [0.29, 0.717) is 13.1 Å². The SMILES string of the molecule is O=C(NCCCn1cccn1)C1COCC(=O)N1Cc1ccccc1. The van der Waals surface area contributed by atoms with Crippen LogP contribution in [-0.2, 0) is 27.4 Å². The Morgan fingerprint density at radius 1 is 1.28 bits per heavy atom. The number of aryl methyl sites for hydroxylation is 1. The number of amides is 2. The number of morpholine rings is 1. The van der Waals surface area contributed by atoms with E-state index in [4.69, 9.17) is 4.74 Å². The van der Waals surface area contributed by atoms with Crippen LogP contribution in [0.1, 0.15) is 12.0 Å². The molecule has 2 aromatic rings. The van der Waals surface area contributed by atoms with Gasteiger partial charge in [-0.05, 0) is 18.1 Å². The summed E-state index contributed by atoms with van der Waals surface area (Å²) >= 11 is 0. The molecule has 0 spiro atoms. The average Bonchev–Trinajstić information content (AvgIpc) is 3.15. The number of nitrogens with zero attached hydrogens (tertiary/aromatic N) is 3.